The maximum Gasteiger partial charge on any atom is 0.255 e. The van der Waals surface area contributed by atoms with E-state index in [1.807, 2.05) is 0 Å². The number of amides is 1. The number of benzene rings is 1. The summed E-state index contributed by atoms with van der Waals surface area (Å²) in [4.78, 5) is 15.2. The molecule has 0 bridgehead atoms. The highest BCUT2D eigenvalue weighted by Crippen LogP contribution is 2.17. The van der Waals surface area contributed by atoms with E-state index in [0.717, 1.165) is 11.6 Å². The highest BCUT2D eigenvalue weighted by molar-refractivity contribution is 6.04. The van der Waals surface area contributed by atoms with Gasteiger partial charge >= 0.3 is 0 Å². The van der Waals surface area contributed by atoms with Gasteiger partial charge in [-0.15, -0.1) is 0 Å². The third-order valence-corrected chi connectivity index (χ3v) is 2.44. The summed E-state index contributed by atoms with van der Waals surface area (Å²) >= 11 is 0. The molecule has 0 radical (unpaired) electrons. The van der Waals surface area contributed by atoms with E-state index in [4.69, 9.17) is 0 Å². The number of aryl methyl sites for hydroxylation is 1. The lowest BCUT2D eigenvalue weighted by molar-refractivity contribution is 0.102. The van der Waals surface area contributed by atoms with Crippen LogP contribution < -0.4 is 5.32 Å². The van der Waals surface area contributed by atoms with Gasteiger partial charge in [0.2, 0.25) is 5.95 Å². The van der Waals surface area contributed by atoms with Crippen molar-refractivity contribution in [1.29, 1.82) is 0 Å². The van der Waals surface area contributed by atoms with Gasteiger partial charge in [0.1, 0.15) is 5.82 Å². The maximum absolute atomic E-state index is 13.0. The molecule has 1 N–H and O–H groups in total. The van der Waals surface area contributed by atoms with Crippen molar-refractivity contribution in [2.24, 2.45) is 0 Å². The van der Waals surface area contributed by atoms with Crippen LogP contribution in [-0.2, 0) is 0 Å². The van der Waals surface area contributed by atoms with Gasteiger partial charge in [-0.3, -0.25) is 4.79 Å². The second-order valence-electron chi connectivity index (χ2n) is 3.78. The zero-order valence-corrected chi connectivity index (χ0v) is 9.58. The minimum atomic E-state index is -0.737. The van der Waals surface area contributed by atoms with Crippen LogP contribution in [0.1, 0.15) is 15.9 Å². The van der Waals surface area contributed by atoms with Gasteiger partial charge in [0.25, 0.3) is 5.91 Å². The fraction of sp³-hybridized carbons (Fsp3) is 0.0769. The molecular formula is C13H10F2N2O. The van der Waals surface area contributed by atoms with Gasteiger partial charge in [-0.1, -0.05) is 6.07 Å². The number of anilines is 1. The van der Waals surface area contributed by atoms with Crippen molar-refractivity contribution in [3.05, 3.63) is 59.4 Å². The molecule has 0 aliphatic carbocycles. The second-order valence-corrected chi connectivity index (χ2v) is 3.78. The molecule has 5 heteroatoms. The van der Waals surface area contributed by atoms with Gasteiger partial charge in [0, 0.05) is 23.5 Å². The van der Waals surface area contributed by atoms with Crippen LogP contribution in [0, 0.1) is 18.7 Å². The summed E-state index contributed by atoms with van der Waals surface area (Å²) in [6, 6.07) is 6.47. The molecule has 0 atom stereocenters. The van der Waals surface area contributed by atoms with Crippen LogP contribution in [0.4, 0.5) is 14.5 Å². The van der Waals surface area contributed by atoms with Gasteiger partial charge in [-0.05, 0) is 30.7 Å². The van der Waals surface area contributed by atoms with E-state index < -0.39 is 17.7 Å². The molecule has 2 aromatic rings. The van der Waals surface area contributed by atoms with E-state index in [0.29, 0.717) is 5.69 Å². The topological polar surface area (TPSA) is 42.0 Å². The first-order valence-electron chi connectivity index (χ1n) is 5.25. The first-order chi connectivity index (χ1) is 8.56. The fourth-order valence-electron chi connectivity index (χ4n) is 1.47. The van der Waals surface area contributed by atoms with Gasteiger partial charge in [-0.2, -0.15) is 4.39 Å². The molecule has 0 aliphatic rings. The van der Waals surface area contributed by atoms with E-state index in [1.165, 1.54) is 24.4 Å². The Kier molecular flexibility index (Phi) is 3.32. The summed E-state index contributed by atoms with van der Waals surface area (Å²) in [5.74, 6) is -1.69. The molecule has 2 rings (SSSR count). The lowest BCUT2D eigenvalue weighted by Crippen LogP contribution is -2.13. The van der Waals surface area contributed by atoms with Crippen molar-refractivity contribution in [3.63, 3.8) is 0 Å². The summed E-state index contributed by atoms with van der Waals surface area (Å²) < 4.78 is 25.9. The number of pyridine rings is 1. The molecule has 0 saturated carbocycles. The van der Waals surface area contributed by atoms with Crippen molar-refractivity contribution in [2.45, 2.75) is 6.92 Å². The highest BCUT2D eigenvalue weighted by atomic mass is 19.1. The Labute approximate surface area is 102 Å². The first kappa shape index (κ1) is 12.2. The van der Waals surface area contributed by atoms with Gasteiger partial charge in [0.05, 0.1) is 0 Å². The summed E-state index contributed by atoms with van der Waals surface area (Å²) in [6.45, 7) is 1.74. The van der Waals surface area contributed by atoms with Crippen LogP contribution in [0.3, 0.4) is 0 Å². The number of hydrogen-bond donors (Lipinski definition) is 1. The number of halogens is 2. The quantitative estimate of drug-likeness (QED) is 0.830. The Hall–Kier alpha value is -2.30. The lowest BCUT2D eigenvalue weighted by Gasteiger charge is -2.08. The Balaban J connectivity index is 2.24. The number of hydrogen-bond acceptors (Lipinski definition) is 2. The molecule has 18 heavy (non-hydrogen) atoms. The van der Waals surface area contributed by atoms with E-state index in [9.17, 15) is 13.6 Å². The number of aromatic nitrogens is 1. The maximum atomic E-state index is 13.0. The number of nitrogens with one attached hydrogen (secondary N) is 1. The second kappa shape index (κ2) is 4.91. The minimum absolute atomic E-state index is 0.131. The van der Waals surface area contributed by atoms with Crippen molar-refractivity contribution in [2.75, 3.05) is 5.32 Å². The molecule has 0 saturated heterocycles. The molecule has 0 fully saturated rings. The monoisotopic (exact) mass is 248 g/mol. The molecule has 1 amide bonds. The normalized spacial score (nSPS) is 10.2. The van der Waals surface area contributed by atoms with Crippen molar-refractivity contribution >= 4 is 11.6 Å². The van der Waals surface area contributed by atoms with E-state index in [-0.39, 0.29) is 5.56 Å². The minimum Gasteiger partial charge on any atom is -0.322 e. The van der Waals surface area contributed by atoms with E-state index >= 15 is 0 Å². The highest BCUT2D eigenvalue weighted by Gasteiger charge is 2.09. The Morgan fingerprint density at radius 3 is 2.72 bits per heavy atom. The van der Waals surface area contributed by atoms with Crippen LogP contribution in [0.2, 0.25) is 0 Å². The van der Waals surface area contributed by atoms with Gasteiger partial charge in [-0.25, -0.2) is 9.37 Å². The zero-order valence-electron chi connectivity index (χ0n) is 9.58. The lowest BCUT2D eigenvalue weighted by atomic mass is 10.2. The summed E-state index contributed by atoms with van der Waals surface area (Å²) in [5.41, 5.74) is 1.21. The fourth-order valence-corrected chi connectivity index (χ4v) is 1.47. The molecule has 0 unspecified atom stereocenters. The standard InChI is InChI=1S/C13H10F2N2O/c1-8-2-3-10(14)7-11(8)17-13(18)9-4-5-16-12(15)6-9/h2-7H,1H3,(H,17,18). The molecule has 0 spiro atoms. The van der Waals surface area contributed by atoms with Crippen LogP contribution in [-0.4, -0.2) is 10.9 Å². The van der Waals surface area contributed by atoms with Crippen LogP contribution in [0.15, 0.2) is 36.5 Å². The van der Waals surface area contributed by atoms with Crippen molar-refractivity contribution in [3.8, 4) is 0 Å². The third kappa shape index (κ3) is 2.68. The third-order valence-electron chi connectivity index (χ3n) is 2.44. The number of rotatable bonds is 2. The molecule has 1 aromatic carbocycles. The van der Waals surface area contributed by atoms with Gasteiger partial charge < -0.3 is 5.32 Å². The Morgan fingerprint density at radius 2 is 2.00 bits per heavy atom. The number of carbonyl (C=O) groups excluding carboxylic acids is 1. The SMILES string of the molecule is Cc1ccc(F)cc1NC(=O)c1ccnc(F)c1. The van der Waals surface area contributed by atoms with Crippen LogP contribution >= 0.6 is 0 Å². The Morgan fingerprint density at radius 1 is 1.22 bits per heavy atom. The summed E-state index contributed by atoms with van der Waals surface area (Å²) in [6.07, 6.45) is 1.20. The van der Waals surface area contributed by atoms with Crippen molar-refractivity contribution < 1.29 is 13.6 Å². The van der Waals surface area contributed by atoms with Crippen LogP contribution in [0.25, 0.3) is 0 Å². The number of nitrogens with zero attached hydrogens (tertiary/aromatic N) is 1. The predicted octanol–water partition coefficient (Wildman–Crippen LogP) is 2.92. The molecule has 92 valence electrons. The summed E-state index contributed by atoms with van der Waals surface area (Å²) in [5, 5.41) is 2.52. The largest absolute Gasteiger partial charge is 0.322 e. The first-order valence-corrected chi connectivity index (χ1v) is 5.25. The average Bonchev–Trinajstić information content (AvgIpc) is 2.34. The average molecular weight is 248 g/mol. The molecule has 0 aliphatic heterocycles. The molecule has 1 heterocycles. The summed E-state index contributed by atoms with van der Waals surface area (Å²) in [7, 11) is 0. The van der Waals surface area contributed by atoms with E-state index in [1.54, 1.807) is 13.0 Å². The van der Waals surface area contributed by atoms with Crippen molar-refractivity contribution in [1.82, 2.24) is 4.98 Å². The number of carbonyl (C=O) groups is 1. The molecule has 3 nitrogen and oxygen atoms in total. The zero-order chi connectivity index (χ0) is 13.1. The smallest absolute Gasteiger partial charge is 0.255 e. The van der Waals surface area contributed by atoms with E-state index in [2.05, 4.69) is 10.3 Å². The van der Waals surface area contributed by atoms with Crippen LogP contribution in [0.5, 0.6) is 0 Å². The van der Waals surface area contributed by atoms with Gasteiger partial charge in [0.15, 0.2) is 0 Å². The molecule has 1 aromatic heterocycles. The molecular weight excluding hydrogens is 238 g/mol. The Bertz CT molecular complexity index is 599. The predicted molar refractivity (Wildman–Crippen MR) is 63.3 cm³/mol.